The van der Waals surface area contributed by atoms with E-state index in [1.165, 1.54) is 5.56 Å². The van der Waals surface area contributed by atoms with E-state index in [2.05, 4.69) is 36.9 Å². The topological polar surface area (TPSA) is 17.2 Å². The number of benzene rings is 2. The summed E-state index contributed by atoms with van der Waals surface area (Å²) in [5, 5.41) is 0. The molecule has 0 atom stereocenters. The molecule has 0 N–H and O–H groups in total. The van der Waals surface area contributed by atoms with Crippen LogP contribution in [0.15, 0.2) is 54.6 Å². The number of nitrogens with zero attached hydrogens (tertiary/aromatic N) is 2. The van der Waals surface area contributed by atoms with Crippen LogP contribution in [0.3, 0.4) is 0 Å². The monoisotopic (exact) mass is 298 g/mol. The lowest BCUT2D eigenvalue weighted by molar-refractivity contribution is 1.18. The molecule has 2 nitrogen and oxygen atoms in total. The Bertz CT molecular complexity index is 880. The Balaban J connectivity index is 2.18. The zero-order valence-corrected chi connectivity index (χ0v) is 13.6. The Morgan fingerprint density at radius 2 is 1.61 bits per heavy atom. The molecule has 112 valence electrons. The molecule has 3 rings (SSSR count). The molecule has 1 aromatic heterocycles. The number of hydrogen-bond donors (Lipinski definition) is 0. The second-order valence-corrected chi connectivity index (χ2v) is 5.76. The molecule has 0 saturated heterocycles. The maximum Gasteiger partial charge on any atom is 0.187 e. The van der Waals surface area contributed by atoms with Crippen LogP contribution in [0.2, 0.25) is 0 Å². The molecule has 0 aliphatic heterocycles. The van der Waals surface area contributed by atoms with Crippen LogP contribution in [0.25, 0.3) is 27.2 Å². The van der Waals surface area contributed by atoms with Gasteiger partial charge in [0.1, 0.15) is 0 Å². The Labute approximate surface area is 137 Å². The Morgan fingerprint density at radius 3 is 2.26 bits per heavy atom. The van der Waals surface area contributed by atoms with Gasteiger partial charge in [0, 0.05) is 16.8 Å². The summed E-state index contributed by atoms with van der Waals surface area (Å²) in [4.78, 5) is 8.35. The highest BCUT2D eigenvalue weighted by Crippen LogP contribution is 2.34. The van der Waals surface area contributed by atoms with Crippen molar-refractivity contribution in [3.05, 3.63) is 82.8 Å². The fraction of sp³-hybridized carbons (Fsp3) is 0.143. The first kappa shape index (κ1) is 15.0. The minimum Gasteiger partial charge on any atom is -0.252 e. The van der Waals surface area contributed by atoms with Gasteiger partial charge in [0.15, 0.2) is 5.69 Å². The molecule has 0 saturated carbocycles. The lowest BCUT2D eigenvalue weighted by Gasteiger charge is -2.15. The number of aromatic nitrogens is 1. The minimum atomic E-state index is 0.663. The van der Waals surface area contributed by atoms with Crippen LogP contribution < -0.4 is 0 Å². The van der Waals surface area contributed by atoms with Gasteiger partial charge in [-0.3, -0.25) is 4.98 Å². The SMILES string of the molecule is [C-]#[N+]c1ccc(C)c(-c2c(C)cc(-c3ccccc3)nc2C)c1. The maximum atomic E-state index is 7.24. The lowest BCUT2D eigenvalue weighted by atomic mass is 9.94. The number of aryl methyl sites for hydroxylation is 3. The summed E-state index contributed by atoms with van der Waals surface area (Å²) in [6, 6.07) is 18.2. The Hall–Kier alpha value is -2.92. The predicted octanol–water partition coefficient (Wildman–Crippen LogP) is 5.89. The van der Waals surface area contributed by atoms with Gasteiger partial charge in [-0.05, 0) is 49.6 Å². The summed E-state index contributed by atoms with van der Waals surface area (Å²) in [5.41, 5.74) is 8.35. The number of rotatable bonds is 2. The van der Waals surface area contributed by atoms with Crippen molar-refractivity contribution in [3.8, 4) is 22.4 Å². The molecule has 2 heteroatoms. The Kier molecular flexibility index (Phi) is 3.95. The van der Waals surface area contributed by atoms with Crippen molar-refractivity contribution in [2.24, 2.45) is 0 Å². The van der Waals surface area contributed by atoms with Crippen LogP contribution in [-0.4, -0.2) is 4.98 Å². The number of hydrogen-bond acceptors (Lipinski definition) is 1. The molecular formula is C21H18N2. The fourth-order valence-corrected chi connectivity index (χ4v) is 2.94. The van der Waals surface area contributed by atoms with Gasteiger partial charge in [0.2, 0.25) is 0 Å². The van der Waals surface area contributed by atoms with Gasteiger partial charge in [-0.15, -0.1) is 0 Å². The lowest BCUT2D eigenvalue weighted by Crippen LogP contribution is -1.96. The van der Waals surface area contributed by atoms with E-state index in [9.17, 15) is 0 Å². The van der Waals surface area contributed by atoms with Gasteiger partial charge in [-0.1, -0.05) is 42.5 Å². The average Bonchev–Trinajstić information content (AvgIpc) is 2.56. The van der Waals surface area contributed by atoms with E-state index in [0.29, 0.717) is 5.69 Å². The third kappa shape index (κ3) is 2.86. The normalized spacial score (nSPS) is 10.3. The molecule has 0 spiro atoms. The van der Waals surface area contributed by atoms with Crippen LogP contribution in [0, 0.1) is 27.3 Å². The van der Waals surface area contributed by atoms with Crippen molar-refractivity contribution in [2.45, 2.75) is 20.8 Å². The number of pyridine rings is 1. The van der Waals surface area contributed by atoms with Crippen LogP contribution in [0.5, 0.6) is 0 Å². The summed E-state index contributed by atoms with van der Waals surface area (Å²) in [5.74, 6) is 0. The van der Waals surface area contributed by atoms with Crippen LogP contribution >= 0.6 is 0 Å². The summed E-state index contributed by atoms with van der Waals surface area (Å²) < 4.78 is 0. The molecule has 3 aromatic rings. The molecule has 2 aromatic carbocycles. The van der Waals surface area contributed by atoms with Crippen LogP contribution in [0.4, 0.5) is 5.69 Å². The smallest absolute Gasteiger partial charge is 0.187 e. The van der Waals surface area contributed by atoms with Crippen LogP contribution in [-0.2, 0) is 0 Å². The standard InChI is InChI=1S/C21H18N2/c1-14-10-11-18(22-4)13-19(14)21-15(2)12-20(23-16(21)3)17-8-6-5-7-9-17/h5-13H,1-3H3. The van der Waals surface area contributed by atoms with Gasteiger partial charge in [-0.25, -0.2) is 4.85 Å². The van der Waals surface area contributed by atoms with Gasteiger partial charge >= 0.3 is 0 Å². The first-order chi connectivity index (χ1) is 11.1. The summed E-state index contributed by atoms with van der Waals surface area (Å²) in [6.45, 7) is 13.5. The second kappa shape index (κ2) is 6.06. The highest BCUT2D eigenvalue weighted by Gasteiger charge is 2.12. The molecule has 23 heavy (non-hydrogen) atoms. The molecule has 0 bridgehead atoms. The highest BCUT2D eigenvalue weighted by atomic mass is 14.7. The van der Waals surface area contributed by atoms with Crippen molar-refractivity contribution < 1.29 is 0 Å². The third-order valence-corrected chi connectivity index (χ3v) is 4.09. The van der Waals surface area contributed by atoms with Crippen molar-refractivity contribution in [2.75, 3.05) is 0 Å². The first-order valence-corrected chi connectivity index (χ1v) is 7.62. The first-order valence-electron chi connectivity index (χ1n) is 7.62. The summed E-state index contributed by atoms with van der Waals surface area (Å²) in [6.07, 6.45) is 0. The maximum absolute atomic E-state index is 7.24. The van der Waals surface area contributed by atoms with Crippen molar-refractivity contribution in [3.63, 3.8) is 0 Å². The molecule has 1 heterocycles. The van der Waals surface area contributed by atoms with E-state index in [1.54, 1.807) is 0 Å². The predicted molar refractivity (Wildman–Crippen MR) is 95.6 cm³/mol. The molecule has 0 unspecified atom stereocenters. The van der Waals surface area contributed by atoms with E-state index < -0.39 is 0 Å². The Morgan fingerprint density at radius 1 is 0.870 bits per heavy atom. The van der Waals surface area contributed by atoms with Gasteiger partial charge in [-0.2, -0.15) is 0 Å². The molecule has 0 radical (unpaired) electrons. The molecule has 0 fully saturated rings. The van der Waals surface area contributed by atoms with Crippen LogP contribution in [0.1, 0.15) is 16.8 Å². The molecule has 0 aliphatic rings. The zero-order chi connectivity index (χ0) is 16.4. The third-order valence-electron chi connectivity index (χ3n) is 4.09. The largest absolute Gasteiger partial charge is 0.252 e. The fourth-order valence-electron chi connectivity index (χ4n) is 2.94. The summed E-state index contributed by atoms with van der Waals surface area (Å²) >= 11 is 0. The molecule has 0 aliphatic carbocycles. The van der Waals surface area contributed by atoms with E-state index >= 15 is 0 Å². The van der Waals surface area contributed by atoms with Crippen molar-refractivity contribution in [1.82, 2.24) is 4.98 Å². The zero-order valence-electron chi connectivity index (χ0n) is 13.6. The van der Waals surface area contributed by atoms with E-state index in [1.807, 2.05) is 43.3 Å². The van der Waals surface area contributed by atoms with Crippen molar-refractivity contribution >= 4 is 5.69 Å². The summed E-state index contributed by atoms with van der Waals surface area (Å²) in [7, 11) is 0. The van der Waals surface area contributed by atoms with Gasteiger partial charge in [0.25, 0.3) is 0 Å². The van der Waals surface area contributed by atoms with E-state index in [0.717, 1.165) is 33.6 Å². The molecule has 0 amide bonds. The quantitative estimate of drug-likeness (QED) is 0.539. The van der Waals surface area contributed by atoms with Crippen molar-refractivity contribution in [1.29, 1.82) is 0 Å². The second-order valence-electron chi connectivity index (χ2n) is 5.76. The minimum absolute atomic E-state index is 0.663. The molecular weight excluding hydrogens is 280 g/mol. The van der Waals surface area contributed by atoms with Gasteiger partial charge in [0.05, 0.1) is 12.3 Å². The van der Waals surface area contributed by atoms with E-state index in [4.69, 9.17) is 11.6 Å². The highest BCUT2D eigenvalue weighted by molar-refractivity contribution is 5.77. The average molecular weight is 298 g/mol. The van der Waals surface area contributed by atoms with E-state index in [-0.39, 0.29) is 0 Å². The van der Waals surface area contributed by atoms with Gasteiger partial charge < -0.3 is 0 Å².